The molecule has 28 heavy (non-hydrogen) atoms. The molecular weight excluding hydrogens is 415 g/mol. The van der Waals surface area contributed by atoms with Crippen molar-refractivity contribution in [3.8, 4) is 11.4 Å². The van der Waals surface area contributed by atoms with Gasteiger partial charge in [-0.15, -0.1) is 10.2 Å². The third-order valence-corrected chi connectivity index (χ3v) is 5.91. The summed E-state index contributed by atoms with van der Waals surface area (Å²) in [5.41, 5.74) is 3.85. The van der Waals surface area contributed by atoms with E-state index in [0.717, 1.165) is 22.4 Å². The molecule has 0 unspecified atom stereocenters. The molecule has 8 heteroatoms. The molecule has 0 atom stereocenters. The summed E-state index contributed by atoms with van der Waals surface area (Å²) in [6.45, 7) is 6.68. The van der Waals surface area contributed by atoms with Crippen molar-refractivity contribution in [1.29, 1.82) is 0 Å². The number of halogens is 2. The molecule has 1 heterocycles. The number of hydrogen-bond donors (Lipinski definition) is 1. The summed E-state index contributed by atoms with van der Waals surface area (Å²) in [6, 6.07) is 11.3. The van der Waals surface area contributed by atoms with Crippen LogP contribution in [0.3, 0.4) is 0 Å². The first kappa shape index (κ1) is 20.7. The van der Waals surface area contributed by atoms with Crippen molar-refractivity contribution in [3.63, 3.8) is 0 Å². The molecule has 0 aliphatic heterocycles. The number of amides is 1. The van der Waals surface area contributed by atoms with Crippen molar-refractivity contribution < 1.29 is 4.79 Å². The fourth-order valence-electron chi connectivity index (χ4n) is 2.80. The van der Waals surface area contributed by atoms with Crippen LogP contribution in [-0.2, 0) is 11.3 Å². The lowest BCUT2D eigenvalue weighted by Crippen LogP contribution is -2.15. The molecule has 5 nitrogen and oxygen atoms in total. The first-order valence-corrected chi connectivity index (χ1v) is 10.5. The zero-order valence-electron chi connectivity index (χ0n) is 15.8. The van der Waals surface area contributed by atoms with Crippen LogP contribution >= 0.6 is 35.0 Å². The molecule has 1 amide bonds. The standard InChI is InChI=1S/C20H20Cl2N4OS/c1-4-26-19(14-6-7-15(21)16(22)10-14)24-25-20(26)28-11-18(27)23-17-8-5-12(2)9-13(17)3/h5-10H,4,11H2,1-3H3,(H,23,27). The van der Waals surface area contributed by atoms with Gasteiger partial charge in [-0.05, 0) is 50.6 Å². The number of aromatic nitrogens is 3. The molecule has 2 aromatic carbocycles. The number of nitrogens with one attached hydrogen (secondary N) is 1. The predicted octanol–water partition coefficient (Wildman–Crippen LogP) is 5.62. The third kappa shape index (κ3) is 4.69. The highest BCUT2D eigenvalue weighted by molar-refractivity contribution is 7.99. The Labute approximate surface area is 178 Å². The van der Waals surface area contributed by atoms with Crippen LogP contribution in [0, 0.1) is 13.8 Å². The summed E-state index contributed by atoms with van der Waals surface area (Å²) in [5, 5.41) is 13.1. The van der Waals surface area contributed by atoms with Crippen molar-refractivity contribution in [2.75, 3.05) is 11.1 Å². The van der Waals surface area contributed by atoms with Crippen LogP contribution in [0.5, 0.6) is 0 Å². The van der Waals surface area contributed by atoms with E-state index in [9.17, 15) is 4.79 Å². The number of nitrogens with zero attached hydrogens (tertiary/aromatic N) is 3. The number of carbonyl (C=O) groups excluding carboxylic acids is 1. The zero-order chi connectivity index (χ0) is 20.3. The summed E-state index contributed by atoms with van der Waals surface area (Å²) in [5.74, 6) is 0.851. The Morgan fingerprint density at radius 3 is 2.57 bits per heavy atom. The van der Waals surface area contributed by atoms with Crippen molar-refractivity contribution >= 4 is 46.6 Å². The van der Waals surface area contributed by atoms with Crippen molar-refractivity contribution in [1.82, 2.24) is 14.8 Å². The number of aryl methyl sites for hydroxylation is 2. The molecular formula is C20H20Cl2N4OS. The van der Waals surface area contributed by atoms with Gasteiger partial charge in [0.15, 0.2) is 11.0 Å². The molecule has 1 aromatic heterocycles. The van der Waals surface area contributed by atoms with Gasteiger partial charge in [0.25, 0.3) is 0 Å². The highest BCUT2D eigenvalue weighted by Gasteiger charge is 2.16. The predicted molar refractivity (Wildman–Crippen MR) is 116 cm³/mol. The Kier molecular flexibility index (Phi) is 6.65. The summed E-state index contributed by atoms with van der Waals surface area (Å²) in [4.78, 5) is 12.4. The topological polar surface area (TPSA) is 59.8 Å². The quantitative estimate of drug-likeness (QED) is 0.511. The normalized spacial score (nSPS) is 10.9. The molecule has 0 saturated carbocycles. The molecule has 0 aliphatic carbocycles. The maximum Gasteiger partial charge on any atom is 0.234 e. The van der Waals surface area contributed by atoms with Crippen molar-refractivity contribution in [3.05, 3.63) is 57.6 Å². The van der Waals surface area contributed by atoms with Crippen LogP contribution in [0.1, 0.15) is 18.1 Å². The Hall–Kier alpha value is -2.02. The number of rotatable bonds is 6. The van der Waals surface area contributed by atoms with Crippen molar-refractivity contribution in [2.45, 2.75) is 32.5 Å². The summed E-state index contributed by atoms with van der Waals surface area (Å²) in [7, 11) is 0. The smallest absolute Gasteiger partial charge is 0.234 e. The van der Waals surface area contributed by atoms with Gasteiger partial charge in [-0.2, -0.15) is 0 Å². The SMILES string of the molecule is CCn1c(SCC(=O)Nc2ccc(C)cc2C)nnc1-c1ccc(Cl)c(Cl)c1. The number of benzene rings is 2. The van der Waals surface area contributed by atoms with Crippen LogP contribution in [0.25, 0.3) is 11.4 Å². The van der Waals surface area contributed by atoms with Crippen LogP contribution in [0.2, 0.25) is 10.0 Å². The van der Waals surface area contributed by atoms with E-state index >= 15 is 0 Å². The van der Waals surface area contributed by atoms with E-state index in [0.29, 0.717) is 27.6 Å². The Bertz CT molecular complexity index is 1020. The second-order valence-electron chi connectivity index (χ2n) is 6.33. The molecule has 3 aromatic rings. The fourth-order valence-corrected chi connectivity index (χ4v) is 3.90. The van der Waals surface area contributed by atoms with Gasteiger partial charge >= 0.3 is 0 Å². The van der Waals surface area contributed by atoms with Gasteiger partial charge in [-0.25, -0.2) is 0 Å². The molecule has 0 saturated heterocycles. The fraction of sp³-hybridized carbons (Fsp3) is 0.250. The molecule has 1 N–H and O–H groups in total. The zero-order valence-corrected chi connectivity index (χ0v) is 18.1. The number of anilines is 1. The average Bonchev–Trinajstić information content (AvgIpc) is 3.07. The summed E-state index contributed by atoms with van der Waals surface area (Å²) >= 11 is 13.5. The Morgan fingerprint density at radius 1 is 1.11 bits per heavy atom. The van der Waals surface area contributed by atoms with E-state index in [4.69, 9.17) is 23.2 Å². The molecule has 0 bridgehead atoms. The lowest BCUT2D eigenvalue weighted by atomic mass is 10.1. The second-order valence-corrected chi connectivity index (χ2v) is 8.09. The maximum absolute atomic E-state index is 12.4. The van der Waals surface area contributed by atoms with Gasteiger partial charge in [-0.3, -0.25) is 4.79 Å². The molecule has 0 aliphatic rings. The van der Waals surface area contributed by atoms with Gasteiger partial charge in [0.05, 0.1) is 15.8 Å². The number of thioether (sulfide) groups is 1. The Morgan fingerprint density at radius 2 is 1.89 bits per heavy atom. The first-order valence-electron chi connectivity index (χ1n) is 8.77. The minimum atomic E-state index is -0.0845. The van der Waals surface area contributed by atoms with Gasteiger partial charge in [-0.1, -0.05) is 52.7 Å². The summed E-state index contributed by atoms with van der Waals surface area (Å²) < 4.78 is 1.95. The van der Waals surface area contributed by atoms with Gasteiger partial charge in [0.1, 0.15) is 0 Å². The van der Waals surface area contributed by atoms with E-state index < -0.39 is 0 Å². The maximum atomic E-state index is 12.4. The third-order valence-electron chi connectivity index (χ3n) is 4.20. The molecule has 0 fully saturated rings. The Balaban J connectivity index is 1.71. The van der Waals surface area contributed by atoms with E-state index in [1.54, 1.807) is 12.1 Å². The summed E-state index contributed by atoms with van der Waals surface area (Å²) in [6.07, 6.45) is 0. The highest BCUT2D eigenvalue weighted by Crippen LogP contribution is 2.29. The van der Waals surface area contributed by atoms with E-state index in [1.807, 2.05) is 49.6 Å². The average molecular weight is 435 g/mol. The van der Waals surface area contributed by atoms with Gasteiger partial charge < -0.3 is 9.88 Å². The number of hydrogen-bond acceptors (Lipinski definition) is 4. The van der Waals surface area contributed by atoms with E-state index in [1.165, 1.54) is 11.8 Å². The minimum absolute atomic E-state index is 0.0845. The molecule has 0 radical (unpaired) electrons. The van der Waals surface area contributed by atoms with Gasteiger partial charge in [0.2, 0.25) is 5.91 Å². The molecule has 0 spiro atoms. The highest BCUT2D eigenvalue weighted by atomic mass is 35.5. The number of carbonyl (C=O) groups is 1. The van der Waals surface area contributed by atoms with Crippen LogP contribution in [-0.4, -0.2) is 26.4 Å². The second kappa shape index (κ2) is 8.99. The van der Waals surface area contributed by atoms with Crippen molar-refractivity contribution in [2.24, 2.45) is 0 Å². The van der Waals surface area contributed by atoms with Crippen LogP contribution < -0.4 is 5.32 Å². The van der Waals surface area contributed by atoms with Crippen LogP contribution in [0.4, 0.5) is 5.69 Å². The van der Waals surface area contributed by atoms with Gasteiger partial charge in [0, 0.05) is 17.8 Å². The minimum Gasteiger partial charge on any atom is -0.325 e. The first-order chi connectivity index (χ1) is 13.4. The van der Waals surface area contributed by atoms with E-state index in [-0.39, 0.29) is 11.7 Å². The van der Waals surface area contributed by atoms with E-state index in [2.05, 4.69) is 15.5 Å². The molecule has 146 valence electrons. The lowest BCUT2D eigenvalue weighted by molar-refractivity contribution is -0.113. The monoisotopic (exact) mass is 434 g/mol. The molecule has 3 rings (SSSR count). The largest absolute Gasteiger partial charge is 0.325 e. The lowest BCUT2D eigenvalue weighted by Gasteiger charge is -2.10. The van der Waals surface area contributed by atoms with Crippen LogP contribution in [0.15, 0.2) is 41.6 Å².